The Morgan fingerprint density at radius 2 is 1.78 bits per heavy atom. The van der Waals surface area contributed by atoms with Crippen LogP contribution in [0.4, 0.5) is 11.4 Å². The van der Waals surface area contributed by atoms with E-state index in [4.69, 9.17) is 9.47 Å². The van der Waals surface area contributed by atoms with Crippen LogP contribution in [0.2, 0.25) is 0 Å². The summed E-state index contributed by atoms with van der Waals surface area (Å²) in [5.74, 6) is -1.20. The summed E-state index contributed by atoms with van der Waals surface area (Å²) in [7, 11) is 4.65. The molecular weight excluding hydrogens is 344 g/mol. The number of likely N-dealkylation sites (N-methyl/N-ethyl adjacent to an activating group) is 1. The first kappa shape index (κ1) is 18.8. The summed E-state index contributed by atoms with van der Waals surface area (Å²) in [5, 5.41) is 0. The molecule has 0 atom stereocenters. The van der Waals surface area contributed by atoms with Crippen LogP contribution >= 0.6 is 0 Å². The SMILES string of the molecule is COC(=O)C1=C(C(=O)OC)N(c2ccc3c(c2)C(C)(C)CN3C)C=CC=C1. The van der Waals surface area contributed by atoms with Crippen LogP contribution in [0.5, 0.6) is 0 Å². The van der Waals surface area contributed by atoms with Crippen molar-refractivity contribution < 1.29 is 19.1 Å². The van der Waals surface area contributed by atoms with E-state index < -0.39 is 11.9 Å². The number of benzene rings is 1. The van der Waals surface area contributed by atoms with Crippen LogP contribution in [0.15, 0.2) is 53.9 Å². The van der Waals surface area contributed by atoms with Crippen molar-refractivity contribution in [3.63, 3.8) is 0 Å². The van der Waals surface area contributed by atoms with E-state index in [1.54, 1.807) is 29.3 Å². The van der Waals surface area contributed by atoms with Gasteiger partial charge in [-0.25, -0.2) is 9.59 Å². The molecule has 142 valence electrons. The monoisotopic (exact) mass is 368 g/mol. The molecule has 2 aliphatic heterocycles. The maximum absolute atomic E-state index is 12.5. The van der Waals surface area contributed by atoms with Crippen molar-refractivity contribution in [1.29, 1.82) is 0 Å². The molecule has 6 nitrogen and oxygen atoms in total. The Morgan fingerprint density at radius 1 is 1.07 bits per heavy atom. The van der Waals surface area contributed by atoms with Gasteiger partial charge in [0, 0.05) is 36.6 Å². The average molecular weight is 368 g/mol. The fraction of sp³-hybridized carbons (Fsp3) is 0.333. The minimum Gasteiger partial charge on any atom is -0.465 e. The number of rotatable bonds is 3. The van der Waals surface area contributed by atoms with Crippen molar-refractivity contribution in [1.82, 2.24) is 0 Å². The van der Waals surface area contributed by atoms with Gasteiger partial charge in [-0.3, -0.25) is 0 Å². The van der Waals surface area contributed by atoms with Gasteiger partial charge in [-0.1, -0.05) is 19.9 Å². The third-order valence-electron chi connectivity index (χ3n) is 4.92. The fourth-order valence-electron chi connectivity index (χ4n) is 3.68. The van der Waals surface area contributed by atoms with Crippen LogP contribution < -0.4 is 9.80 Å². The zero-order valence-corrected chi connectivity index (χ0v) is 16.3. The Morgan fingerprint density at radius 3 is 2.44 bits per heavy atom. The first-order valence-corrected chi connectivity index (χ1v) is 8.71. The normalized spacial score (nSPS) is 17.7. The van der Waals surface area contributed by atoms with Gasteiger partial charge in [-0.15, -0.1) is 0 Å². The van der Waals surface area contributed by atoms with Crippen molar-refractivity contribution in [2.24, 2.45) is 0 Å². The van der Waals surface area contributed by atoms with E-state index in [9.17, 15) is 9.59 Å². The minimum atomic E-state index is -0.608. The highest BCUT2D eigenvalue weighted by Gasteiger charge is 2.35. The van der Waals surface area contributed by atoms with Crippen molar-refractivity contribution in [2.45, 2.75) is 19.3 Å². The predicted molar refractivity (Wildman–Crippen MR) is 105 cm³/mol. The van der Waals surface area contributed by atoms with Crippen molar-refractivity contribution >= 4 is 23.3 Å². The molecule has 2 heterocycles. The molecule has 0 radical (unpaired) electrons. The van der Waals surface area contributed by atoms with Gasteiger partial charge in [0.25, 0.3) is 0 Å². The molecule has 0 aromatic heterocycles. The Hall–Kier alpha value is -3.02. The van der Waals surface area contributed by atoms with Gasteiger partial charge < -0.3 is 19.3 Å². The number of carbonyl (C=O) groups is 2. The molecule has 0 unspecified atom stereocenters. The molecular formula is C21H24N2O4. The Kier molecular flexibility index (Phi) is 4.83. The lowest BCUT2D eigenvalue weighted by molar-refractivity contribution is -0.139. The molecule has 3 rings (SSSR count). The van der Waals surface area contributed by atoms with E-state index in [0.717, 1.165) is 17.9 Å². The molecule has 0 amide bonds. The van der Waals surface area contributed by atoms with Gasteiger partial charge in [0.2, 0.25) is 0 Å². The second kappa shape index (κ2) is 6.95. The van der Waals surface area contributed by atoms with Gasteiger partial charge in [-0.05, 0) is 35.9 Å². The van der Waals surface area contributed by atoms with Crippen LogP contribution in [0.1, 0.15) is 19.4 Å². The molecule has 1 aromatic rings. The molecule has 0 N–H and O–H groups in total. The van der Waals surface area contributed by atoms with Crippen LogP contribution in [-0.2, 0) is 24.5 Å². The number of fused-ring (bicyclic) bond motifs is 1. The van der Waals surface area contributed by atoms with E-state index in [1.807, 2.05) is 12.1 Å². The van der Waals surface area contributed by atoms with Crippen LogP contribution in [-0.4, -0.2) is 39.8 Å². The average Bonchev–Trinajstić information content (AvgIpc) is 2.81. The summed E-state index contributed by atoms with van der Waals surface area (Å²) >= 11 is 0. The van der Waals surface area contributed by atoms with Gasteiger partial charge in [-0.2, -0.15) is 0 Å². The number of methoxy groups -OCH3 is 2. The zero-order valence-electron chi connectivity index (χ0n) is 16.3. The summed E-state index contributed by atoms with van der Waals surface area (Å²) in [4.78, 5) is 28.7. The first-order valence-electron chi connectivity index (χ1n) is 8.71. The van der Waals surface area contributed by atoms with Crippen LogP contribution in [0.3, 0.4) is 0 Å². The van der Waals surface area contributed by atoms with Gasteiger partial charge in [0.1, 0.15) is 5.70 Å². The third kappa shape index (κ3) is 3.23. The molecule has 0 fully saturated rings. The van der Waals surface area contributed by atoms with Gasteiger partial charge in [0.15, 0.2) is 0 Å². The Bertz CT molecular complexity index is 880. The minimum absolute atomic E-state index is 0.0196. The molecule has 1 aromatic carbocycles. The van der Waals surface area contributed by atoms with Gasteiger partial charge >= 0.3 is 11.9 Å². The second-order valence-corrected chi connectivity index (χ2v) is 7.26. The lowest BCUT2D eigenvalue weighted by Crippen LogP contribution is -2.27. The van der Waals surface area contributed by atoms with E-state index in [-0.39, 0.29) is 16.7 Å². The van der Waals surface area contributed by atoms with Crippen molar-refractivity contribution in [3.8, 4) is 0 Å². The van der Waals surface area contributed by atoms with Crippen LogP contribution in [0, 0.1) is 0 Å². The Labute approximate surface area is 159 Å². The molecule has 0 saturated carbocycles. The molecule has 0 aliphatic carbocycles. The van der Waals surface area contributed by atoms with E-state index in [0.29, 0.717) is 0 Å². The molecule has 6 heteroatoms. The summed E-state index contributed by atoms with van der Waals surface area (Å²) in [6.45, 7) is 5.29. The lowest BCUT2D eigenvalue weighted by Gasteiger charge is -2.25. The summed E-state index contributed by atoms with van der Waals surface area (Å²) < 4.78 is 9.81. The highest BCUT2D eigenvalue weighted by molar-refractivity contribution is 6.05. The summed E-state index contributed by atoms with van der Waals surface area (Å²) in [6.07, 6.45) is 6.76. The van der Waals surface area contributed by atoms with Crippen molar-refractivity contribution in [2.75, 3.05) is 37.6 Å². The molecule has 27 heavy (non-hydrogen) atoms. The summed E-state index contributed by atoms with van der Waals surface area (Å²) in [6, 6.07) is 6.04. The maximum atomic E-state index is 12.5. The number of ether oxygens (including phenoxy) is 2. The highest BCUT2D eigenvalue weighted by atomic mass is 16.5. The predicted octanol–water partition coefficient (Wildman–Crippen LogP) is 2.90. The maximum Gasteiger partial charge on any atom is 0.355 e. The van der Waals surface area contributed by atoms with E-state index >= 15 is 0 Å². The number of anilines is 2. The topological polar surface area (TPSA) is 59.1 Å². The smallest absolute Gasteiger partial charge is 0.355 e. The standard InChI is InChI=1S/C21H24N2O4/c1-21(2)13-22(3)17-10-9-14(12-16(17)21)23-11-7-6-8-15(19(24)26-4)18(23)20(25)27-5/h6-12H,13H2,1-5H3. The number of hydrogen-bond acceptors (Lipinski definition) is 6. The first-order chi connectivity index (χ1) is 12.8. The molecule has 0 spiro atoms. The molecule has 0 saturated heterocycles. The number of allylic oxidation sites excluding steroid dienone is 2. The molecule has 2 aliphatic rings. The number of nitrogens with zero attached hydrogens (tertiary/aromatic N) is 2. The fourth-order valence-corrected chi connectivity index (χ4v) is 3.68. The second-order valence-electron chi connectivity index (χ2n) is 7.26. The lowest BCUT2D eigenvalue weighted by atomic mass is 9.86. The third-order valence-corrected chi connectivity index (χ3v) is 4.92. The Balaban J connectivity index is 2.17. The summed E-state index contributed by atoms with van der Waals surface area (Å²) in [5.41, 5.74) is 3.38. The van der Waals surface area contributed by atoms with Gasteiger partial charge in [0.05, 0.1) is 19.8 Å². The largest absolute Gasteiger partial charge is 0.465 e. The number of hydrogen-bond donors (Lipinski definition) is 0. The highest BCUT2D eigenvalue weighted by Crippen LogP contribution is 2.42. The van der Waals surface area contributed by atoms with Crippen molar-refractivity contribution in [3.05, 3.63) is 59.5 Å². The zero-order chi connectivity index (χ0) is 19.8. The van der Waals surface area contributed by atoms with E-state index in [2.05, 4.69) is 31.9 Å². The van der Waals surface area contributed by atoms with E-state index in [1.165, 1.54) is 19.8 Å². The number of carbonyl (C=O) groups excluding carboxylic acids is 2. The molecule has 0 bridgehead atoms. The number of esters is 2. The quantitative estimate of drug-likeness (QED) is 0.765. The van der Waals surface area contributed by atoms with Crippen LogP contribution in [0.25, 0.3) is 0 Å².